The van der Waals surface area contributed by atoms with E-state index in [0.717, 1.165) is 41.3 Å². The van der Waals surface area contributed by atoms with Gasteiger partial charge in [-0.25, -0.2) is 4.98 Å². The zero-order valence-electron chi connectivity index (χ0n) is 20.5. The van der Waals surface area contributed by atoms with Crippen LogP contribution >= 0.6 is 0 Å². The Balaban J connectivity index is 1.34. The maximum atomic E-state index is 12.8. The monoisotopic (exact) mass is 477 g/mol. The minimum atomic E-state index is -0.353. The van der Waals surface area contributed by atoms with E-state index in [1.54, 1.807) is 0 Å². The molecule has 0 bridgehead atoms. The van der Waals surface area contributed by atoms with E-state index in [9.17, 15) is 14.9 Å². The molecule has 7 heteroatoms. The molecule has 2 aromatic carbocycles. The van der Waals surface area contributed by atoms with Gasteiger partial charge in [-0.3, -0.25) is 9.59 Å². The van der Waals surface area contributed by atoms with E-state index in [2.05, 4.69) is 16.5 Å². The van der Waals surface area contributed by atoms with Crippen molar-refractivity contribution in [1.82, 2.24) is 14.8 Å². The first-order valence-electron chi connectivity index (χ1n) is 12.2. The summed E-state index contributed by atoms with van der Waals surface area (Å²) in [6.45, 7) is 3.98. The molecule has 0 unspecified atom stereocenters. The number of carbonyl (C=O) groups is 2. The van der Waals surface area contributed by atoms with E-state index in [1.165, 1.54) is 28.4 Å². The Kier molecular flexibility index (Phi) is 6.34. The number of ketones is 1. The molecule has 1 N–H and O–H groups in total. The number of para-hydroxylation sites is 1. The standard InChI is InChI=1S/C29H27N5O2/c1-18-6-5-9-24-19(2)14-26(32-28(18)24)34-29(23(16-30)17-31-34)33-27(36)13-12-25(35)22-11-10-20-7-3-4-8-21(20)15-22/h5-6,9-11,14-15,17H,3-4,7-8,12-13H2,1-2H3,(H,33,36). The number of hydrogen-bond acceptors (Lipinski definition) is 5. The fraction of sp³-hybridized carbons (Fsp3) is 0.276. The molecular weight excluding hydrogens is 450 g/mol. The number of amides is 1. The second-order valence-electron chi connectivity index (χ2n) is 9.36. The van der Waals surface area contributed by atoms with E-state index < -0.39 is 0 Å². The van der Waals surface area contributed by atoms with Crippen LogP contribution in [0.3, 0.4) is 0 Å². The molecule has 1 aliphatic carbocycles. The van der Waals surface area contributed by atoms with E-state index >= 15 is 0 Å². The van der Waals surface area contributed by atoms with Gasteiger partial charge < -0.3 is 5.32 Å². The Bertz CT molecular complexity index is 1540. The average molecular weight is 478 g/mol. The summed E-state index contributed by atoms with van der Waals surface area (Å²) in [4.78, 5) is 30.4. The van der Waals surface area contributed by atoms with Gasteiger partial charge in [-0.15, -0.1) is 0 Å². The Morgan fingerprint density at radius 1 is 1.03 bits per heavy atom. The van der Waals surface area contributed by atoms with Crippen LogP contribution in [0.1, 0.15) is 63.9 Å². The van der Waals surface area contributed by atoms with Crippen molar-refractivity contribution in [3.63, 3.8) is 0 Å². The van der Waals surface area contributed by atoms with E-state index in [4.69, 9.17) is 4.98 Å². The number of nitrogens with one attached hydrogen (secondary N) is 1. The van der Waals surface area contributed by atoms with Crippen LogP contribution in [0.4, 0.5) is 5.82 Å². The third-order valence-corrected chi connectivity index (χ3v) is 6.85. The quantitative estimate of drug-likeness (QED) is 0.375. The van der Waals surface area contributed by atoms with Crippen LogP contribution in [0.5, 0.6) is 0 Å². The molecule has 2 aromatic heterocycles. The van der Waals surface area contributed by atoms with Gasteiger partial charge in [0.05, 0.1) is 11.7 Å². The number of pyridine rings is 1. The van der Waals surface area contributed by atoms with Gasteiger partial charge >= 0.3 is 0 Å². The first kappa shape index (κ1) is 23.4. The molecule has 1 aliphatic rings. The summed E-state index contributed by atoms with van der Waals surface area (Å²) in [6.07, 6.45) is 5.91. The first-order valence-corrected chi connectivity index (χ1v) is 12.2. The van der Waals surface area contributed by atoms with Crippen LogP contribution in [0, 0.1) is 25.2 Å². The Hall–Kier alpha value is -4.31. The highest BCUT2D eigenvalue weighted by molar-refractivity contribution is 6.00. The fourth-order valence-electron chi connectivity index (χ4n) is 4.85. The predicted molar refractivity (Wildman–Crippen MR) is 138 cm³/mol. The van der Waals surface area contributed by atoms with Crippen LogP contribution in [-0.2, 0) is 17.6 Å². The van der Waals surface area contributed by atoms with Gasteiger partial charge in [-0.05, 0) is 73.9 Å². The maximum Gasteiger partial charge on any atom is 0.226 e. The highest BCUT2D eigenvalue weighted by Crippen LogP contribution is 2.26. The Morgan fingerprint density at radius 2 is 1.83 bits per heavy atom. The second-order valence-corrected chi connectivity index (χ2v) is 9.36. The fourth-order valence-corrected chi connectivity index (χ4v) is 4.85. The second kappa shape index (κ2) is 9.74. The number of Topliss-reactive ketones (excluding diaryl/α,β-unsaturated/α-hetero) is 1. The van der Waals surface area contributed by atoms with Crippen molar-refractivity contribution < 1.29 is 9.59 Å². The van der Waals surface area contributed by atoms with Gasteiger partial charge in [0.15, 0.2) is 17.4 Å². The van der Waals surface area contributed by atoms with Gasteiger partial charge in [0.2, 0.25) is 5.91 Å². The number of nitrogens with zero attached hydrogens (tertiary/aromatic N) is 4. The van der Waals surface area contributed by atoms with Crippen LogP contribution in [0.2, 0.25) is 0 Å². The number of aryl methyl sites for hydroxylation is 4. The third kappa shape index (κ3) is 4.50. The van der Waals surface area contributed by atoms with Crippen molar-refractivity contribution in [2.75, 3.05) is 5.32 Å². The number of nitriles is 1. The summed E-state index contributed by atoms with van der Waals surface area (Å²) < 4.78 is 1.47. The molecule has 1 amide bonds. The predicted octanol–water partition coefficient (Wildman–Crippen LogP) is 5.39. The molecular formula is C29H27N5O2. The normalized spacial score (nSPS) is 12.7. The van der Waals surface area contributed by atoms with Gasteiger partial charge in [0, 0.05) is 23.8 Å². The number of hydrogen-bond donors (Lipinski definition) is 1. The lowest BCUT2D eigenvalue weighted by Crippen LogP contribution is -2.17. The van der Waals surface area contributed by atoms with E-state index in [0.29, 0.717) is 11.4 Å². The molecule has 0 aliphatic heterocycles. The molecule has 0 atom stereocenters. The van der Waals surface area contributed by atoms with Gasteiger partial charge in [-0.1, -0.05) is 30.3 Å². The molecule has 0 fully saturated rings. The summed E-state index contributed by atoms with van der Waals surface area (Å²) in [7, 11) is 0. The van der Waals surface area contributed by atoms with Gasteiger partial charge in [-0.2, -0.15) is 15.0 Å². The molecule has 180 valence electrons. The minimum absolute atomic E-state index is 0.00918. The summed E-state index contributed by atoms with van der Waals surface area (Å²) in [5.41, 5.74) is 6.32. The number of benzene rings is 2. The summed E-state index contributed by atoms with van der Waals surface area (Å²) in [5, 5.41) is 17.8. The van der Waals surface area contributed by atoms with Crippen LogP contribution < -0.4 is 5.32 Å². The van der Waals surface area contributed by atoms with Crippen molar-refractivity contribution in [3.05, 3.63) is 82.0 Å². The number of fused-ring (bicyclic) bond motifs is 2. The van der Waals surface area contributed by atoms with Crippen LogP contribution in [0.25, 0.3) is 16.7 Å². The van der Waals surface area contributed by atoms with E-state index in [-0.39, 0.29) is 35.9 Å². The molecule has 0 radical (unpaired) electrons. The number of aromatic nitrogens is 3. The molecule has 2 heterocycles. The maximum absolute atomic E-state index is 12.8. The first-order chi connectivity index (χ1) is 17.4. The average Bonchev–Trinajstić information content (AvgIpc) is 3.29. The molecule has 7 nitrogen and oxygen atoms in total. The van der Waals surface area contributed by atoms with Crippen LogP contribution in [-0.4, -0.2) is 26.5 Å². The van der Waals surface area contributed by atoms with Crippen molar-refractivity contribution in [2.24, 2.45) is 0 Å². The lowest BCUT2D eigenvalue weighted by molar-refractivity contribution is -0.116. The molecule has 0 spiro atoms. The Labute approximate surface area is 209 Å². The lowest BCUT2D eigenvalue weighted by Gasteiger charge is -2.16. The summed E-state index contributed by atoms with van der Waals surface area (Å²) in [6, 6.07) is 15.8. The number of anilines is 1. The minimum Gasteiger partial charge on any atom is -0.309 e. The molecule has 0 saturated carbocycles. The smallest absolute Gasteiger partial charge is 0.226 e. The third-order valence-electron chi connectivity index (χ3n) is 6.85. The number of rotatable bonds is 6. The largest absolute Gasteiger partial charge is 0.309 e. The van der Waals surface area contributed by atoms with E-state index in [1.807, 2.05) is 56.3 Å². The summed E-state index contributed by atoms with van der Waals surface area (Å²) in [5.74, 6) is 0.350. The molecule has 5 rings (SSSR count). The van der Waals surface area contributed by atoms with Gasteiger partial charge in [0.1, 0.15) is 11.6 Å². The Morgan fingerprint density at radius 3 is 2.64 bits per heavy atom. The lowest BCUT2D eigenvalue weighted by atomic mass is 9.89. The topological polar surface area (TPSA) is 101 Å². The zero-order valence-corrected chi connectivity index (χ0v) is 20.5. The summed E-state index contributed by atoms with van der Waals surface area (Å²) >= 11 is 0. The molecule has 4 aromatic rings. The van der Waals surface area contributed by atoms with Crippen LogP contribution in [0.15, 0.2) is 48.7 Å². The van der Waals surface area contributed by atoms with Crippen molar-refractivity contribution in [3.8, 4) is 11.9 Å². The van der Waals surface area contributed by atoms with Gasteiger partial charge in [0.25, 0.3) is 0 Å². The highest BCUT2D eigenvalue weighted by atomic mass is 16.2. The zero-order chi connectivity index (χ0) is 25.2. The van der Waals surface area contributed by atoms with Crippen molar-refractivity contribution in [2.45, 2.75) is 52.4 Å². The van der Waals surface area contributed by atoms with Crippen molar-refractivity contribution >= 4 is 28.4 Å². The molecule has 36 heavy (non-hydrogen) atoms. The highest BCUT2D eigenvalue weighted by Gasteiger charge is 2.19. The SMILES string of the molecule is Cc1cc(-n2ncc(C#N)c2NC(=O)CCC(=O)c2ccc3c(c2)CCCC3)nc2c(C)cccc12. The molecule has 0 saturated heterocycles. The number of carbonyl (C=O) groups excluding carboxylic acids is 2. The van der Waals surface area contributed by atoms with Crippen molar-refractivity contribution in [1.29, 1.82) is 5.26 Å².